The van der Waals surface area contributed by atoms with E-state index in [1.807, 2.05) is 42.5 Å². The van der Waals surface area contributed by atoms with E-state index in [0.717, 1.165) is 16.8 Å². The van der Waals surface area contributed by atoms with E-state index in [9.17, 15) is 4.39 Å². The molecule has 0 radical (unpaired) electrons. The molecule has 5 rings (SSSR count). The summed E-state index contributed by atoms with van der Waals surface area (Å²) in [5.74, 6) is 1.49. The Hall–Kier alpha value is -3.70. The molecule has 6 heteroatoms. The van der Waals surface area contributed by atoms with Gasteiger partial charge in [-0.2, -0.15) is 0 Å². The molecule has 0 aliphatic rings. The normalized spacial score (nSPS) is 11.5. The van der Waals surface area contributed by atoms with Crippen LogP contribution in [-0.4, -0.2) is 11.2 Å². The average molecular weight is 417 g/mol. The van der Waals surface area contributed by atoms with Crippen LogP contribution in [-0.2, 0) is 0 Å². The van der Waals surface area contributed by atoms with Crippen LogP contribution in [0.1, 0.15) is 5.76 Å². The fourth-order valence-electron chi connectivity index (χ4n) is 3.04. The second-order valence-electron chi connectivity index (χ2n) is 6.65. The van der Waals surface area contributed by atoms with Gasteiger partial charge in [0.25, 0.3) is 0 Å². The van der Waals surface area contributed by atoms with E-state index in [4.69, 9.17) is 20.4 Å². The summed E-state index contributed by atoms with van der Waals surface area (Å²) in [5.41, 5.74) is 3.76. The van der Waals surface area contributed by atoms with E-state index in [2.05, 4.69) is 9.98 Å². The van der Waals surface area contributed by atoms with E-state index in [1.54, 1.807) is 30.5 Å². The number of hydrogen-bond donors (Lipinski definition) is 0. The van der Waals surface area contributed by atoms with E-state index in [-0.39, 0.29) is 5.82 Å². The predicted octanol–water partition coefficient (Wildman–Crippen LogP) is 7.30. The van der Waals surface area contributed by atoms with Crippen molar-refractivity contribution in [3.63, 3.8) is 0 Å². The Morgan fingerprint density at radius 3 is 2.40 bits per heavy atom. The minimum absolute atomic E-state index is 0.283. The molecular formula is C24H14ClFN2O2. The van der Waals surface area contributed by atoms with Gasteiger partial charge in [0.15, 0.2) is 5.58 Å². The highest BCUT2D eigenvalue weighted by molar-refractivity contribution is 6.30. The maximum absolute atomic E-state index is 13.1. The Balaban J connectivity index is 1.38. The number of halogens is 2. The summed E-state index contributed by atoms with van der Waals surface area (Å²) in [7, 11) is 0. The molecule has 0 N–H and O–H groups in total. The monoisotopic (exact) mass is 416 g/mol. The molecule has 146 valence electrons. The van der Waals surface area contributed by atoms with Gasteiger partial charge in [0, 0.05) is 16.1 Å². The van der Waals surface area contributed by atoms with Gasteiger partial charge < -0.3 is 8.83 Å². The van der Waals surface area contributed by atoms with Gasteiger partial charge in [-0.1, -0.05) is 11.6 Å². The third-order valence-electron chi connectivity index (χ3n) is 4.56. The summed E-state index contributed by atoms with van der Waals surface area (Å²) in [4.78, 5) is 9.00. The van der Waals surface area contributed by atoms with Crippen molar-refractivity contribution in [1.82, 2.24) is 4.98 Å². The first-order chi connectivity index (χ1) is 14.6. The molecule has 4 nitrogen and oxygen atoms in total. The minimum Gasteiger partial charge on any atom is -0.455 e. The van der Waals surface area contributed by atoms with Crippen LogP contribution in [0, 0.1) is 5.82 Å². The maximum Gasteiger partial charge on any atom is 0.227 e. The van der Waals surface area contributed by atoms with E-state index in [1.165, 1.54) is 12.1 Å². The number of hydrogen-bond acceptors (Lipinski definition) is 4. The Kier molecular flexibility index (Phi) is 4.65. The van der Waals surface area contributed by atoms with Crippen molar-refractivity contribution in [3.05, 3.63) is 95.5 Å². The summed E-state index contributed by atoms with van der Waals surface area (Å²) >= 11 is 5.94. The van der Waals surface area contributed by atoms with Crippen molar-refractivity contribution in [2.75, 3.05) is 0 Å². The molecule has 0 aliphatic heterocycles. The number of oxazole rings is 1. The Labute approximate surface area is 176 Å². The molecular weight excluding hydrogens is 403 g/mol. The molecule has 5 aromatic rings. The molecule has 0 aliphatic carbocycles. The lowest BCUT2D eigenvalue weighted by molar-refractivity contribution is 0.574. The van der Waals surface area contributed by atoms with Crippen LogP contribution in [0.4, 0.5) is 10.1 Å². The van der Waals surface area contributed by atoms with E-state index in [0.29, 0.717) is 33.5 Å². The lowest BCUT2D eigenvalue weighted by Crippen LogP contribution is -1.77. The van der Waals surface area contributed by atoms with Gasteiger partial charge >= 0.3 is 0 Å². The Morgan fingerprint density at radius 2 is 1.60 bits per heavy atom. The standard InChI is InChI=1S/C24H14ClFN2O2/c25-17-5-1-16(2-6-17)24-28-21-13-19(9-11-23(21)30-24)27-14-20-10-12-22(29-20)15-3-7-18(26)8-4-15/h1-14H. The highest BCUT2D eigenvalue weighted by atomic mass is 35.5. The smallest absolute Gasteiger partial charge is 0.227 e. The molecule has 2 heterocycles. The molecule has 0 atom stereocenters. The minimum atomic E-state index is -0.283. The third-order valence-corrected chi connectivity index (χ3v) is 4.81. The number of benzene rings is 3. The van der Waals surface area contributed by atoms with Crippen LogP contribution >= 0.6 is 11.6 Å². The van der Waals surface area contributed by atoms with Crippen molar-refractivity contribution in [2.45, 2.75) is 0 Å². The first kappa shape index (κ1) is 18.3. The fourth-order valence-corrected chi connectivity index (χ4v) is 3.17. The van der Waals surface area contributed by atoms with Crippen LogP contribution in [0.2, 0.25) is 5.02 Å². The molecule has 0 spiro atoms. The summed E-state index contributed by atoms with van der Waals surface area (Å²) in [5, 5.41) is 0.659. The highest BCUT2D eigenvalue weighted by Gasteiger charge is 2.09. The van der Waals surface area contributed by atoms with Gasteiger partial charge in [0.1, 0.15) is 22.9 Å². The second kappa shape index (κ2) is 7.61. The van der Waals surface area contributed by atoms with Crippen LogP contribution in [0.25, 0.3) is 33.9 Å². The molecule has 0 amide bonds. The van der Waals surface area contributed by atoms with Gasteiger partial charge in [-0.25, -0.2) is 9.37 Å². The molecule has 30 heavy (non-hydrogen) atoms. The Bertz CT molecular complexity index is 1350. The molecule has 0 bridgehead atoms. The van der Waals surface area contributed by atoms with Crippen LogP contribution < -0.4 is 0 Å². The number of furan rings is 1. The van der Waals surface area contributed by atoms with Crippen molar-refractivity contribution >= 4 is 34.6 Å². The van der Waals surface area contributed by atoms with Crippen LogP contribution in [0.3, 0.4) is 0 Å². The first-order valence-corrected chi connectivity index (χ1v) is 9.58. The van der Waals surface area contributed by atoms with Gasteiger partial charge in [-0.05, 0) is 78.9 Å². The third kappa shape index (κ3) is 3.75. The molecule has 2 aromatic heterocycles. The number of aliphatic imine (C=N–C) groups is 1. The van der Waals surface area contributed by atoms with Gasteiger partial charge in [0.2, 0.25) is 5.89 Å². The first-order valence-electron chi connectivity index (χ1n) is 9.20. The topological polar surface area (TPSA) is 51.5 Å². The number of aromatic nitrogens is 1. The van der Waals surface area contributed by atoms with Crippen molar-refractivity contribution in [1.29, 1.82) is 0 Å². The Morgan fingerprint density at radius 1 is 0.833 bits per heavy atom. The highest BCUT2D eigenvalue weighted by Crippen LogP contribution is 2.28. The van der Waals surface area contributed by atoms with Crippen LogP contribution in [0.5, 0.6) is 0 Å². The molecule has 0 saturated carbocycles. The van der Waals surface area contributed by atoms with Crippen molar-refractivity contribution in [3.8, 4) is 22.8 Å². The van der Waals surface area contributed by atoms with E-state index < -0.39 is 0 Å². The average Bonchev–Trinajstić information content (AvgIpc) is 3.40. The zero-order valence-electron chi connectivity index (χ0n) is 15.5. The largest absolute Gasteiger partial charge is 0.455 e. The summed E-state index contributed by atoms with van der Waals surface area (Å²) in [6, 6.07) is 22.6. The van der Waals surface area contributed by atoms with Gasteiger partial charge in [-0.3, -0.25) is 4.99 Å². The zero-order valence-corrected chi connectivity index (χ0v) is 16.3. The maximum atomic E-state index is 13.1. The lowest BCUT2D eigenvalue weighted by Gasteiger charge is -1.96. The quantitative estimate of drug-likeness (QED) is 0.289. The van der Waals surface area contributed by atoms with Crippen molar-refractivity contribution < 1.29 is 13.2 Å². The van der Waals surface area contributed by atoms with Crippen LogP contribution in [0.15, 0.2) is 92.7 Å². The zero-order chi connectivity index (χ0) is 20.5. The molecule has 3 aromatic carbocycles. The SMILES string of the molecule is Fc1ccc(-c2ccc(C=Nc3ccc4oc(-c5ccc(Cl)cc5)nc4c3)o2)cc1. The van der Waals surface area contributed by atoms with E-state index >= 15 is 0 Å². The second-order valence-corrected chi connectivity index (χ2v) is 7.08. The number of nitrogens with zero attached hydrogens (tertiary/aromatic N) is 2. The predicted molar refractivity (Wildman–Crippen MR) is 116 cm³/mol. The lowest BCUT2D eigenvalue weighted by atomic mass is 10.2. The fraction of sp³-hybridized carbons (Fsp3) is 0. The summed E-state index contributed by atoms with van der Waals surface area (Å²) in [6.45, 7) is 0. The summed E-state index contributed by atoms with van der Waals surface area (Å²) in [6.07, 6.45) is 1.63. The molecule has 0 saturated heterocycles. The number of rotatable bonds is 4. The van der Waals surface area contributed by atoms with Gasteiger partial charge in [-0.15, -0.1) is 0 Å². The molecule has 0 unspecified atom stereocenters. The van der Waals surface area contributed by atoms with Gasteiger partial charge in [0.05, 0.1) is 11.9 Å². The summed E-state index contributed by atoms with van der Waals surface area (Å²) < 4.78 is 24.7. The van der Waals surface area contributed by atoms with Crippen molar-refractivity contribution in [2.24, 2.45) is 4.99 Å². The number of fused-ring (bicyclic) bond motifs is 1. The molecule has 0 fully saturated rings.